The van der Waals surface area contributed by atoms with Crippen LogP contribution in [0.3, 0.4) is 0 Å². The standard InChI is InChI=1S/C59H44N2O/c1-4-16-39(17-5-1)51-36-40-18-10-11-19-41(40)37-54(51)61(47-24-8-3-9-25-47)53-28-15-21-43-35-45-31-30-44-34-42-20-14-27-52(57(42)59(44,45)58(43)53)60(46-22-6-2-7-23-46)48-32-33-50-49-26-12-13-29-55(49)62-56(50)38-48/h1-29,32-33,36-38,44-45H,30-31,34-35H2. The van der Waals surface area contributed by atoms with Crippen LogP contribution in [0.4, 0.5) is 34.1 Å². The Hall–Kier alpha value is -7.36. The molecule has 0 radical (unpaired) electrons. The average molecular weight is 797 g/mol. The van der Waals surface area contributed by atoms with E-state index < -0.39 is 0 Å². The number of nitrogens with zero attached hydrogens (tertiary/aromatic N) is 2. The molecule has 3 nitrogen and oxygen atoms in total. The predicted molar refractivity (Wildman–Crippen MR) is 257 cm³/mol. The third kappa shape index (κ3) is 5.18. The number of fused-ring (bicyclic) bond motifs is 6. The number of benzene rings is 9. The third-order valence-corrected chi connectivity index (χ3v) is 14.5. The van der Waals surface area contributed by atoms with Gasteiger partial charge in [-0.25, -0.2) is 0 Å². The van der Waals surface area contributed by atoms with Crippen LogP contribution in [0.15, 0.2) is 211 Å². The molecule has 10 aromatic rings. The van der Waals surface area contributed by atoms with E-state index in [0.29, 0.717) is 11.8 Å². The van der Waals surface area contributed by atoms with Gasteiger partial charge in [-0.1, -0.05) is 133 Å². The van der Waals surface area contributed by atoms with E-state index in [1.165, 1.54) is 79.7 Å². The molecule has 1 spiro atoms. The summed E-state index contributed by atoms with van der Waals surface area (Å²) in [5.41, 5.74) is 17.2. The van der Waals surface area contributed by atoms with Crippen LogP contribution < -0.4 is 9.80 Å². The second kappa shape index (κ2) is 13.8. The van der Waals surface area contributed by atoms with E-state index in [1.54, 1.807) is 0 Å². The van der Waals surface area contributed by atoms with Crippen molar-refractivity contribution in [2.24, 2.45) is 11.8 Å². The van der Waals surface area contributed by atoms with Crippen molar-refractivity contribution in [1.29, 1.82) is 0 Å². The van der Waals surface area contributed by atoms with E-state index in [9.17, 15) is 0 Å². The van der Waals surface area contributed by atoms with Gasteiger partial charge in [0.15, 0.2) is 0 Å². The fourth-order valence-corrected chi connectivity index (χ4v) is 12.1. The maximum absolute atomic E-state index is 6.55. The summed E-state index contributed by atoms with van der Waals surface area (Å²) in [6, 6.07) is 76.2. The first-order valence-electron chi connectivity index (χ1n) is 22.2. The van der Waals surface area contributed by atoms with Crippen LogP contribution in [0, 0.1) is 11.8 Å². The number of furan rings is 1. The van der Waals surface area contributed by atoms with Gasteiger partial charge in [-0.05, 0) is 143 Å². The normalized spacial score (nSPS) is 18.5. The van der Waals surface area contributed by atoms with E-state index in [2.05, 4.69) is 216 Å². The fraction of sp³-hybridized carbons (Fsp3) is 0.119. The summed E-state index contributed by atoms with van der Waals surface area (Å²) >= 11 is 0. The lowest BCUT2D eigenvalue weighted by Crippen LogP contribution is -2.34. The number of anilines is 6. The second-order valence-electron chi connectivity index (χ2n) is 17.6. The van der Waals surface area contributed by atoms with Crippen LogP contribution in [0.2, 0.25) is 0 Å². The van der Waals surface area contributed by atoms with E-state index in [1.807, 2.05) is 0 Å². The molecule has 0 N–H and O–H groups in total. The zero-order valence-electron chi connectivity index (χ0n) is 34.4. The Bertz CT molecular complexity index is 3330. The Morgan fingerprint density at radius 2 is 0.952 bits per heavy atom. The van der Waals surface area contributed by atoms with Gasteiger partial charge in [0.25, 0.3) is 0 Å². The highest BCUT2D eigenvalue weighted by atomic mass is 16.3. The number of para-hydroxylation sites is 3. The van der Waals surface area contributed by atoms with Crippen molar-refractivity contribution in [3.63, 3.8) is 0 Å². The van der Waals surface area contributed by atoms with Crippen LogP contribution in [-0.4, -0.2) is 0 Å². The minimum absolute atomic E-state index is 0.175. The lowest BCUT2D eigenvalue weighted by atomic mass is 9.68. The molecule has 296 valence electrons. The molecular weight excluding hydrogens is 753 g/mol. The van der Waals surface area contributed by atoms with Crippen LogP contribution >= 0.6 is 0 Å². The fourth-order valence-electron chi connectivity index (χ4n) is 12.1. The predicted octanol–water partition coefficient (Wildman–Crippen LogP) is 15.8. The van der Waals surface area contributed by atoms with Gasteiger partial charge < -0.3 is 14.2 Å². The molecule has 0 amide bonds. The van der Waals surface area contributed by atoms with Crippen LogP contribution in [-0.2, 0) is 18.3 Å². The second-order valence-corrected chi connectivity index (χ2v) is 17.6. The van der Waals surface area contributed by atoms with Crippen LogP contribution in [0.1, 0.15) is 35.1 Å². The highest BCUT2D eigenvalue weighted by molar-refractivity contribution is 6.06. The molecule has 3 heteroatoms. The van der Waals surface area contributed by atoms with Gasteiger partial charge in [0.1, 0.15) is 11.2 Å². The van der Waals surface area contributed by atoms with Crippen molar-refractivity contribution in [1.82, 2.24) is 0 Å². The average Bonchev–Trinajstić information content (AvgIpc) is 4.07. The van der Waals surface area contributed by atoms with Gasteiger partial charge in [0.2, 0.25) is 0 Å². The number of rotatable bonds is 7. The summed E-state index contributed by atoms with van der Waals surface area (Å²) in [6.45, 7) is 0. The minimum atomic E-state index is -0.175. The molecule has 0 bridgehead atoms. The molecule has 1 aromatic heterocycles. The van der Waals surface area contributed by atoms with Crippen molar-refractivity contribution in [3.05, 3.63) is 229 Å². The van der Waals surface area contributed by atoms with Crippen molar-refractivity contribution in [2.75, 3.05) is 9.80 Å². The Balaban J connectivity index is 1.07. The minimum Gasteiger partial charge on any atom is -0.456 e. The molecule has 3 aliphatic rings. The highest BCUT2D eigenvalue weighted by Gasteiger charge is 2.62. The Morgan fingerprint density at radius 3 is 1.63 bits per heavy atom. The Labute approximate surface area is 362 Å². The SMILES string of the molecule is c1ccc(-c2cc3ccccc3cc2N(c2ccccc2)c2cccc3c2C24c5c(cccc5N(c5ccccc5)c5ccc6c(c5)oc5ccccc56)CC2CCC4C3)cc1. The van der Waals surface area contributed by atoms with E-state index in [4.69, 9.17) is 4.42 Å². The topological polar surface area (TPSA) is 19.6 Å². The first kappa shape index (κ1) is 35.4. The molecule has 9 aromatic carbocycles. The molecule has 3 atom stereocenters. The van der Waals surface area contributed by atoms with Gasteiger partial charge in [-0.15, -0.1) is 0 Å². The number of hydrogen-bond donors (Lipinski definition) is 0. The third-order valence-electron chi connectivity index (χ3n) is 14.5. The summed E-state index contributed by atoms with van der Waals surface area (Å²) in [6.07, 6.45) is 4.60. The first-order valence-corrected chi connectivity index (χ1v) is 22.2. The van der Waals surface area contributed by atoms with Crippen molar-refractivity contribution in [2.45, 2.75) is 31.1 Å². The summed E-state index contributed by atoms with van der Waals surface area (Å²) in [4.78, 5) is 5.12. The molecule has 1 heterocycles. The molecule has 0 saturated heterocycles. The van der Waals surface area contributed by atoms with Crippen molar-refractivity contribution >= 4 is 66.8 Å². The summed E-state index contributed by atoms with van der Waals surface area (Å²) in [5.74, 6) is 0.980. The van der Waals surface area contributed by atoms with E-state index in [-0.39, 0.29) is 5.41 Å². The van der Waals surface area contributed by atoms with E-state index in [0.717, 1.165) is 46.2 Å². The lowest BCUT2D eigenvalue weighted by Gasteiger charge is -2.40. The molecule has 3 aliphatic carbocycles. The van der Waals surface area contributed by atoms with Gasteiger partial charge >= 0.3 is 0 Å². The lowest BCUT2D eigenvalue weighted by molar-refractivity contribution is 0.350. The largest absolute Gasteiger partial charge is 0.456 e. The molecule has 62 heavy (non-hydrogen) atoms. The highest BCUT2D eigenvalue weighted by Crippen LogP contribution is 2.69. The summed E-state index contributed by atoms with van der Waals surface area (Å²) < 4.78 is 6.55. The summed E-state index contributed by atoms with van der Waals surface area (Å²) in [5, 5.41) is 4.77. The molecule has 0 aliphatic heterocycles. The van der Waals surface area contributed by atoms with Crippen molar-refractivity contribution < 1.29 is 4.42 Å². The molecular formula is C59H44N2O. The smallest absolute Gasteiger partial charge is 0.137 e. The monoisotopic (exact) mass is 796 g/mol. The maximum atomic E-state index is 6.55. The van der Waals surface area contributed by atoms with Gasteiger partial charge in [0.05, 0.1) is 17.1 Å². The quantitative estimate of drug-likeness (QED) is 0.160. The molecule has 13 rings (SSSR count). The molecule has 3 unspecified atom stereocenters. The first-order chi connectivity index (χ1) is 30.7. The van der Waals surface area contributed by atoms with Crippen LogP contribution in [0.5, 0.6) is 0 Å². The van der Waals surface area contributed by atoms with Crippen LogP contribution in [0.25, 0.3) is 43.8 Å². The zero-order chi connectivity index (χ0) is 40.8. The Kier molecular flexibility index (Phi) is 7.90. The molecule has 1 fully saturated rings. The molecule has 1 saturated carbocycles. The van der Waals surface area contributed by atoms with Gasteiger partial charge in [-0.3, -0.25) is 0 Å². The van der Waals surface area contributed by atoms with Gasteiger partial charge in [0, 0.05) is 44.9 Å². The maximum Gasteiger partial charge on any atom is 0.137 e. The van der Waals surface area contributed by atoms with E-state index >= 15 is 0 Å². The zero-order valence-corrected chi connectivity index (χ0v) is 34.4. The van der Waals surface area contributed by atoms with Crippen molar-refractivity contribution in [3.8, 4) is 11.1 Å². The Morgan fingerprint density at radius 1 is 0.403 bits per heavy atom. The number of hydrogen-bond acceptors (Lipinski definition) is 3. The van der Waals surface area contributed by atoms with Gasteiger partial charge in [-0.2, -0.15) is 0 Å². The summed E-state index contributed by atoms with van der Waals surface area (Å²) in [7, 11) is 0.